The van der Waals surface area contributed by atoms with Gasteiger partial charge in [0.05, 0.1) is 4.90 Å². The minimum absolute atomic E-state index is 0.0136. The van der Waals surface area contributed by atoms with Crippen LogP contribution in [0.5, 0.6) is 0 Å². The van der Waals surface area contributed by atoms with Gasteiger partial charge in [0.25, 0.3) is 10.0 Å². The average molecular weight is 360 g/mol. The summed E-state index contributed by atoms with van der Waals surface area (Å²) in [6.07, 6.45) is 0.688. The van der Waals surface area contributed by atoms with Crippen molar-refractivity contribution in [3.63, 3.8) is 0 Å². The van der Waals surface area contributed by atoms with Gasteiger partial charge in [-0.1, -0.05) is 51.1 Å². The lowest BCUT2D eigenvalue weighted by atomic mass is 9.95. The Bertz CT molecular complexity index is 808. The number of nitrogens with one attached hydrogen (secondary N) is 2. The molecule has 0 fully saturated rings. The van der Waals surface area contributed by atoms with E-state index < -0.39 is 15.4 Å². The fraction of sp³-hybridized carbons (Fsp3) is 0.316. The highest BCUT2D eigenvalue weighted by Gasteiger charge is 2.20. The van der Waals surface area contributed by atoms with Crippen LogP contribution in [0.4, 0.5) is 5.69 Å². The standard InChI is InChI=1S/C19H24N2O3S/c1-19(2,3)18(22)20-14-13-15-9-11-16(12-10-15)21-25(23,24)17-7-5-4-6-8-17/h4-12,21H,13-14H2,1-3H3,(H,20,22). The first kappa shape index (κ1) is 19.0. The predicted molar refractivity (Wildman–Crippen MR) is 99.9 cm³/mol. The van der Waals surface area contributed by atoms with E-state index in [2.05, 4.69) is 10.0 Å². The van der Waals surface area contributed by atoms with Crippen LogP contribution in [-0.4, -0.2) is 20.9 Å². The van der Waals surface area contributed by atoms with Gasteiger partial charge in [-0.15, -0.1) is 0 Å². The Kier molecular flexibility index (Phi) is 5.85. The summed E-state index contributed by atoms with van der Waals surface area (Å²) in [6.45, 7) is 6.16. The van der Waals surface area contributed by atoms with E-state index in [0.29, 0.717) is 18.7 Å². The smallest absolute Gasteiger partial charge is 0.261 e. The van der Waals surface area contributed by atoms with Crippen molar-refractivity contribution in [2.45, 2.75) is 32.1 Å². The molecular formula is C19H24N2O3S. The zero-order chi connectivity index (χ0) is 18.5. The quantitative estimate of drug-likeness (QED) is 0.831. The van der Waals surface area contributed by atoms with Crippen LogP contribution in [0, 0.1) is 5.41 Å². The largest absolute Gasteiger partial charge is 0.355 e. The van der Waals surface area contributed by atoms with Gasteiger partial charge in [0, 0.05) is 17.6 Å². The maximum atomic E-state index is 12.3. The second-order valence-electron chi connectivity index (χ2n) is 6.87. The van der Waals surface area contributed by atoms with Gasteiger partial charge in [-0.3, -0.25) is 9.52 Å². The monoisotopic (exact) mass is 360 g/mol. The normalized spacial score (nSPS) is 11.8. The first-order valence-electron chi connectivity index (χ1n) is 8.13. The summed E-state index contributed by atoms with van der Waals surface area (Å²) in [5.41, 5.74) is 1.13. The molecule has 5 nitrogen and oxygen atoms in total. The molecule has 0 aliphatic rings. The van der Waals surface area contributed by atoms with Crippen molar-refractivity contribution in [1.29, 1.82) is 0 Å². The molecular weight excluding hydrogens is 336 g/mol. The highest BCUT2D eigenvalue weighted by molar-refractivity contribution is 7.92. The highest BCUT2D eigenvalue weighted by Crippen LogP contribution is 2.17. The lowest BCUT2D eigenvalue weighted by Gasteiger charge is -2.17. The van der Waals surface area contributed by atoms with Gasteiger partial charge in [-0.25, -0.2) is 8.42 Å². The molecule has 2 aromatic carbocycles. The Labute approximate surface area is 149 Å². The van der Waals surface area contributed by atoms with E-state index in [0.717, 1.165) is 5.56 Å². The molecule has 6 heteroatoms. The van der Waals surface area contributed by atoms with Gasteiger partial charge in [0.2, 0.25) is 5.91 Å². The van der Waals surface area contributed by atoms with E-state index in [1.165, 1.54) is 0 Å². The summed E-state index contributed by atoms with van der Waals surface area (Å²) >= 11 is 0. The van der Waals surface area contributed by atoms with Crippen LogP contribution in [0.25, 0.3) is 0 Å². The molecule has 0 unspecified atom stereocenters. The van der Waals surface area contributed by atoms with Crippen LogP contribution in [0.1, 0.15) is 26.3 Å². The molecule has 2 N–H and O–H groups in total. The zero-order valence-electron chi connectivity index (χ0n) is 14.7. The van der Waals surface area contributed by atoms with Crippen LogP contribution < -0.4 is 10.0 Å². The molecule has 2 rings (SSSR count). The lowest BCUT2D eigenvalue weighted by molar-refractivity contribution is -0.128. The summed E-state index contributed by atoms with van der Waals surface area (Å²) in [5, 5.41) is 2.89. The molecule has 2 aromatic rings. The number of benzene rings is 2. The minimum atomic E-state index is -3.58. The van der Waals surface area contributed by atoms with Crippen molar-refractivity contribution in [2.75, 3.05) is 11.3 Å². The molecule has 1 amide bonds. The molecule has 0 aromatic heterocycles. The van der Waals surface area contributed by atoms with Crippen LogP contribution in [0.3, 0.4) is 0 Å². The van der Waals surface area contributed by atoms with E-state index in [1.54, 1.807) is 42.5 Å². The lowest BCUT2D eigenvalue weighted by Crippen LogP contribution is -2.35. The Morgan fingerprint density at radius 1 is 0.960 bits per heavy atom. The van der Waals surface area contributed by atoms with E-state index in [9.17, 15) is 13.2 Å². The van der Waals surface area contributed by atoms with Crippen LogP contribution in [0.2, 0.25) is 0 Å². The summed E-state index contributed by atoms with van der Waals surface area (Å²) < 4.78 is 27.1. The molecule has 0 aliphatic heterocycles. The topological polar surface area (TPSA) is 75.3 Å². The molecule has 25 heavy (non-hydrogen) atoms. The Morgan fingerprint density at radius 3 is 2.12 bits per heavy atom. The van der Waals surface area contributed by atoms with Crippen molar-refractivity contribution >= 4 is 21.6 Å². The van der Waals surface area contributed by atoms with Crippen molar-refractivity contribution in [3.8, 4) is 0 Å². The Balaban J connectivity index is 1.93. The summed E-state index contributed by atoms with van der Waals surface area (Å²) in [7, 11) is -3.58. The fourth-order valence-corrected chi connectivity index (χ4v) is 3.22. The summed E-state index contributed by atoms with van der Waals surface area (Å²) in [5.74, 6) is 0.0136. The predicted octanol–water partition coefficient (Wildman–Crippen LogP) is 3.19. The number of anilines is 1. The first-order chi connectivity index (χ1) is 11.7. The van der Waals surface area contributed by atoms with Gasteiger partial charge >= 0.3 is 0 Å². The van der Waals surface area contributed by atoms with Gasteiger partial charge in [-0.05, 0) is 36.2 Å². The van der Waals surface area contributed by atoms with Crippen molar-refractivity contribution in [3.05, 3.63) is 60.2 Å². The Hall–Kier alpha value is -2.34. The first-order valence-corrected chi connectivity index (χ1v) is 9.62. The second kappa shape index (κ2) is 7.70. The average Bonchev–Trinajstić information content (AvgIpc) is 2.56. The van der Waals surface area contributed by atoms with Gasteiger partial charge < -0.3 is 5.32 Å². The summed E-state index contributed by atoms with van der Waals surface area (Å²) in [4.78, 5) is 12.0. The SMILES string of the molecule is CC(C)(C)C(=O)NCCc1ccc(NS(=O)(=O)c2ccccc2)cc1. The molecule has 0 spiro atoms. The summed E-state index contributed by atoms with van der Waals surface area (Å²) in [6, 6.07) is 15.4. The van der Waals surface area contributed by atoms with Gasteiger partial charge in [0.1, 0.15) is 0 Å². The number of carbonyl (C=O) groups is 1. The number of hydrogen-bond acceptors (Lipinski definition) is 3. The third-order valence-electron chi connectivity index (χ3n) is 3.64. The molecule has 0 heterocycles. The van der Waals surface area contributed by atoms with E-state index >= 15 is 0 Å². The second-order valence-corrected chi connectivity index (χ2v) is 8.55. The highest BCUT2D eigenvalue weighted by atomic mass is 32.2. The van der Waals surface area contributed by atoms with E-state index in [4.69, 9.17) is 0 Å². The van der Waals surface area contributed by atoms with E-state index in [-0.39, 0.29) is 10.8 Å². The number of carbonyl (C=O) groups excluding carboxylic acids is 1. The van der Waals surface area contributed by atoms with Crippen LogP contribution >= 0.6 is 0 Å². The van der Waals surface area contributed by atoms with Crippen LogP contribution in [0.15, 0.2) is 59.5 Å². The molecule has 0 saturated heterocycles. The Morgan fingerprint density at radius 2 is 1.56 bits per heavy atom. The van der Waals surface area contributed by atoms with Gasteiger partial charge in [0.15, 0.2) is 0 Å². The van der Waals surface area contributed by atoms with Crippen molar-refractivity contribution < 1.29 is 13.2 Å². The van der Waals surface area contributed by atoms with Crippen molar-refractivity contribution in [1.82, 2.24) is 5.32 Å². The maximum Gasteiger partial charge on any atom is 0.261 e. The minimum Gasteiger partial charge on any atom is -0.355 e. The molecule has 0 aliphatic carbocycles. The number of amides is 1. The molecule has 0 radical (unpaired) electrons. The number of hydrogen-bond donors (Lipinski definition) is 2. The molecule has 134 valence electrons. The number of rotatable bonds is 6. The molecule has 0 saturated carbocycles. The van der Waals surface area contributed by atoms with E-state index in [1.807, 2.05) is 32.9 Å². The maximum absolute atomic E-state index is 12.3. The van der Waals surface area contributed by atoms with Gasteiger partial charge in [-0.2, -0.15) is 0 Å². The number of sulfonamides is 1. The van der Waals surface area contributed by atoms with Crippen molar-refractivity contribution in [2.24, 2.45) is 5.41 Å². The van der Waals surface area contributed by atoms with Crippen LogP contribution in [-0.2, 0) is 21.2 Å². The molecule has 0 bridgehead atoms. The third kappa shape index (κ3) is 5.60. The fourth-order valence-electron chi connectivity index (χ4n) is 2.14. The zero-order valence-corrected chi connectivity index (χ0v) is 15.6. The molecule has 0 atom stereocenters. The third-order valence-corrected chi connectivity index (χ3v) is 5.04.